The number of nitrogens with zero attached hydrogens (tertiary/aromatic N) is 2. The van der Waals surface area contributed by atoms with Gasteiger partial charge >= 0.3 is 5.97 Å². The minimum absolute atomic E-state index is 0.0731. The van der Waals surface area contributed by atoms with Gasteiger partial charge in [-0.05, 0) is 37.1 Å². The number of aryl methyl sites for hydroxylation is 2. The smallest absolute Gasteiger partial charge is 0.338 e. The monoisotopic (exact) mass is 408 g/mol. The molecule has 0 unspecified atom stereocenters. The lowest BCUT2D eigenvalue weighted by molar-refractivity contribution is 0.0692. The van der Waals surface area contributed by atoms with Crippen LogP contribution in [-0.2, 0) is 6.61 Å². The minimum atomic E-state index is -0.913. The van der Waals surface area contributed by atoms with E-state index in [1.807, 2.05) is 40.0 Å². The van der Waals surface area contributed by atoms with Gasteiger partial charge in [0.2, 0.25) is 0 Å². The predicted molar refractivity (Wildman–Crippen MR) is 113 cm³/mol. The van der Waals surface area contributed by atoms with Gasteiger partial charge in [0.15, 0.2) is 0 Å². The summed E-state index contributed by atoms with van der Waals surface area (Å²) in [4.78, 5) is 19.3. The van der Waals surface area contributed by atoms with Crippen LogP contribution in [0.5, 0.6) is 0 Å². The molecule has 0 saturated carbocycles. The molecule has 0 aliphatic heterocycles. The van der Waals surface area contributed by atoms with E-state index in [2.05, 4.69) is 23.8 Å². The number of pyridine rings is 2. The second-order valence-electron chi connectivity index (χ2n) is 6.64. The molecule has 0 saturated heterocycles. The number of aromatic nitrogens is 2. The lowest BCUT2D eigenvalue weighted by Crippen LogP contribution is -2.03. The van der Waals surface area contributed by atoms with Crippen molar-refractivity contribution in [3.63, 3.8) is 0 Å². The van der Waals surface area contributed by atoms with Gasteiger partial charge in [-0.1, -0.05) is 27.7 Å². The molecule has 7 heteroatoms. The SMILES string of the molecule is Cc1cnc(SC(C)C)c(C(=O)O)c1.Cc1cnc(SC(C)C)c(CO)c1. The van der Waals surface area contributed by atoms with Crippen molar-refractivity contribution >= 4 is 29.5 Å². The Morgan fingerprint density at radius 2 is 1.44 bits per heavy atom. The van der Waals surface area contributed by atoms with Gasteiger partial charge in [-0.2, -0.15) is 0 Å². The van der Waals surface area contributed by atoms with Crippen molar-refractivity contribution in [2.75, 3.05) is 0 Å². The fraction of sp³-hybridized carbons (Fsp3) is 0.450. The van der Waals surface area contributed by atoms with E-state index < -0.39 is 5.97 Å². The van der Waals surface area contributed by atoms with Crippen molar-refractivity contribution in [1.29, 1.82) is 0 Å². The Morgan fingerprint density at radius 3 is 1.93 bits per heavy atom. The Balaban J connectivity index is 0.000000271. The first kappa shape index (κ1) is 23.5. The van der Waals surface area contributed by atoms with E-state index in [9.17, 15) is 4.79 Å². The molecule has 0 radical (unpaired) electrons. The molecule has 5 nitrogen and oxygen atoms in total. The zero-order valence-corrected chi connectivity index (χ0v) is 18.3. The molecule has 148 valence electrons. The normalized spacial score (nSPS) is 10.7. The highest BCUT2D eigenvalue weighted by Crippen LogP contribution is 2.25. The van der Waals surface area contributed by atoms with Crippen LogP contribution >= 0.6 is 23.5 Å². The summed E-state index contributed by atoms with van der Waals surface area (Å²) < 4.78 is 0. The van der Waals surface area contributed by atoms with E-state index in [4.69, 9.17) is 10.2 Å². The summed E-state index contributed by atoms with van der Waals surface area (Å²) >= 11 is 3.16. The first-order valence-electron chi connectivity index (χ1n) is 8.73. The van der Waals surface area contributed by atoms with Crippen molar-refractivity contribution in [1.82, 2.24) is 9.97 Å². The van der Waals surface area contributed by atoms with Gasteiger partial charge in [0.1, 0.15) is 10.1 Å². The molecule has 0 aliphatic carbocycles. The van der Waals surface area contributed by atoms with Gasteiger partial charge in [0.25, 0.3) is 0 Å². The third-order valence-corrected chi connectivity index (χ3v) is 5.23. The number of rotatable bonds is 6. The van der Waals surface area contributed by atoms with Crippen LogP contribution in [0.25, 0.3) is 0 Å². The summed E-state index contributed by atoms with van der Waals surface area (Å²) in [6.07, 6.45) is 3.53. The zero-order valence-electron chi connectivity index (χ0n) is 16.7. The zero-order chi connectivity index (χ0) is 20.6. The molecule has 0 bridgehead atoms. The molecule has 2 rings (SSSR count). The molecule has 0 spiro atoms. The van der Waals surface area contributed by atoms with Crippen molar-refractivity contribution in [2.45, 2.75) is 68.7 Å². The van der Waals surface area contributed by atoms with E-state index in [0.29, 0.717) is 21.1 Å². The molecule has 0 atom stereocenters. The summed E-state index contributed by atoms with van der Waals surface area (Å²) in [5.74, 6) is -0.913. The first-order chi connectivity index (χ1) is 12.6. The van der Waals surface area contributed by atoms with Crippen LogP contribution in [0, 0.1) is 13.8 Å². The summed E-state index contributed by atoms with van der Waals surface area (Å²) in [5, 5.41) is 20.4. The Morgan fingerprint density at radius 1 is 0.963 bits per heavy atom. The van der Waals surface area contributed by atoms with Gasteiger partial charge in [-0.15, -0.1) is 23.5 Å². The van der Waals surface area contributed by atoms with Crippen LogP contribution in [0.15, 0.2) is 34.6 Å². The Bertz CT molecular complexity index is 765. The van der Waals surface area contributed by atoms with Gasteiger partial charge in [-0.25, -0.2) is 14.8 Å². The van der Waals surface area contributed by atoms with Crippen LogP contribution in [0.3, 0.4) is 0 Å². The van der Waals surface area contributed by atoms with Crippen LogP contribution in [0.4, 0.5) is 0 Å². The van der Waals surface area contributed by atoms with E-state index >= 15 is 0 Å². The molecule has 0 amide bonds. The standard InChI is InChI=1S/C10H13NO2S.C10H15NOS/c1-6(2)14-9-8(10(12)13)4-7(3)5-11-9;1-7(2)13-10-9(6-12)4-8(3)5-11-10/h4-6H,1-3H3,(H,12,13);4-5,7,12H,6H2,1-3H3. The van der Waals surface area contributed by atoms with Crippen molar-refractivity contribution in [2.24, 2.45) is 0 Å². The average molecular weight is 409 g/mol. The van der Waals surface area contributed by atoms with Crippen molar-refractivity contribution in [3.05, 3.63) is 46.8 Å². The van der Waals surface area contributed by atoms with Crippen LogP contribution in [0.2, 0.25) is 0 Å². The Labute approximate surface area is 170 Å². The fourth-order valence-electron chi connectivity index (χ4n) is 2.09. The molecule has 2 N–H and O–H groups in total. The van der Waals surface area contributed by atoms with E-state index in [1.54, 1.807) is 24.0 Å². The third kappa shape index (κ3) is 8.32. The molecule has 27 heavy (non-hydrogen) atoms. The molecule has 2 aromatic rings. The molecular formula is C20H28N2O3S2. The van der Waals surface area contributed by atoms with Crippen molar-refractivity contribution < 1.29 is 15.0 Å². The second-order valence-corrected chi connectivity index (χ2v) is 9.77. The molecule has 2 heterocycles. The molecule has 0 aliphatic rings. The van der Waals surface area contributed by atoms with Crippen LogP contribution in [0.1, 0.15) is 54.7 Å². The quantitative estimate of drug-likeness (QED) is 0.653. The topological polar surface area (TPSA) is 83.3 Å². The number of aliphatic hydroxyl groups is 1. The van der Waals surface area contributed by atoms with Gasteiger partial charge in [0.05, 0.1) is 12.2 Å². The van der Waals surface area contributed by atoms with Gasteiger partial charge in [0, 0.05) is 28.5 Å². The first-order valence-corrected chi connectivity index (χ1v) is 10.5. The van der Waals surface area contributed by atoms with Gasteiger partial charge in [-0.3, -0.25) is 0 Å². The number of carboxylic acid groups (broad SMARTS) is 1. The summed E-state index contributed by atoms with van der Waals surface area (Å²) in [6.45, 7) is 12.2. The maximum Gasteiger partial charge on any atom is 0.338 e. The highest BCUT2D eigenvalue weighted by atomic mass is 32.2. The number of carboxylic acids is 1. The number of aromatic carboxylic acids is 1. The van der Waals surface area contributed by atoms with E-state index in [1.165, 1.54) is 11.8 Å². The highest BCUT2D eigenvalue weighted by Gasteiger charge is 2.13. The molecule has 0 aromatic carbocycles. The van der Waals surface area contributed by atoms with E-state index in [0.717, 1.165) is 21.7 Å². The van der Waals surface area contributed by atoms with E-state index in [-0.39, 0.29) is 6.61 Å². The number of hydrogen-bond acceptors (Lipinski definition) is 6. The molecular weight excluding hydrogens is 380 g/mol. The Hall–Kier alpha value is -1.57. The van der Waals surface area contributed by atoms with Crippen LogP contribution in [-0.4, -0.2) is 36.7 Å². The number of aliphatic hydroxyl groups excluding tert-OH is 1. The second kappa shape index (κ2) is 11.3. The maximum absolute atomic E-state index is 10.9. The van der Waals surface area contributed by atoms with Crippen molar-refractivity contribution in [3.8, 4) is 0 Å². The lowest BCUT2D eigenvalue weighted by Gasteiger charge is -2.08. The fourth-order valence-corrected chi connectivity index (χ4v) is 3.76. The molecule has 2 aromatic heterocycles. The van der Waals surface area contributed by atoms with Crippen LogP contribution < -0.4 is 0 Å². The largest absolute Gasteiger partial charge is 0.478 e. The third-order valence-electron chi connectivity index (χ3n) is 3.15. The minimum Gasteiger partial charge on any atom is -0.478 e. The summed E-state index contributed by atoms with van der Waals surface area (Å²) in [7, 11) is 0. The maximum atomic E-state index is 10.9. The number of thioether (sulfide) groups is 2. The average Bonchev–Trinajstić information content (AvgIpc) is 2.57. The predicted octanol–water partition coefficient (Wildman–Crippen LogP) is 4.97. The number of hydrogen-bond donors (Lipinski definition) is 2. The molecule has 0 fully saturated rings. The number of carbonyl (C=O) groups is 1. The highest BCUT2D eigenvalue weighted by molar-refractivity contribution is 8.00. The summed E-state index contributed by atoms with van der Waals surface area (Å²) in [6, 6.07) is 3.64. The Kier molecular flexibility index (Phi) is 9.83. The van der Waals surface area contributed by atoms with Gasteiger partial charge < -0.3 is 10.2 Å². The lowest BCUT2D eigenvalue weighted by atomic mass is 10.2. The summed E-state index contributed by atoms with van der Waals surface area (Å²) in [5.41, 5.74) is 3.19.